The van der Waals surface area contributed by atoms with Gasteiger partial charge in [0.2, 0.25) is 21.8 Å². The Labute approximate surface area is 203 Å². The highest BCUT2D eigenvalue weighted by Crippen LogP contribution is 2.46. The third-order valence-electron chi connectivity index (χ3n) is 7.65. The summed E-state index contributed by atoms with van der Waals surface area (Å²) in [5, 5.41) is 2.82. The number of benzene rings is 1. The largest absolute Gasteiger partial charge is 0.323 e. The van der Waals surface area contributed by atoms with Crippen molar-refractivity contribution in [3.63, 3.8) is 0 Å². The van der Waals surface area contributed by atoms with Crippen molar-refractivity contribution in [1.29, 1.82) is 0 Å². The molecule has 0 saturated carbocycles. The van der Waals surface area contributed by atoms with E-state index in [1.807, 2.05) is 45.9 Å². The van der Waals surface area contributed by atoms with Crippen LogP contribution in [0.2, 0.25) is 0 Å². The summed E-state index contributed by atoms with van der Waals surface area (Å²) in [7, 11) is -3.33. The minimum Gasteiger partial charge on any atom is -0.323 e. The lowest BCUT2D eigenvalue weighted by atomic mass is 9.69. The Balaban J connectivity index is 1.40. The molecule has 34 heavy (non-hydrogen) atoms. The van der Waals surface area contributed by atoms with Gasteiger partial charge in [0.25, 0.3) is 0 Å². The molecule has 2 fully saturated rings. The first kappa shape index (κ1) is 25.1. The van der Waals surface area contributed by atoms with Crippen LogP contribution in [0.3, 0.4) is 0 Å². The average Bonchev–Trinajstić information content (AvgIpc) is 2.75. The van der Waals surface area contributed by atoms with Crippen molar-refractivity contribution in [2.24, 2.45) is 11.3 Å². The van der Waals surface area contributed by atoms with Crippen LogP contribution in [0.5, 0.6) is 0 Å². The van der Waals surface area contributed by atoms with Crippen molar-refractivity contribution in [2.45, 2.75) is 58.9 Å². The molecule has 2 saturated heterocycles. The fourth-order valence-electron chi connectivity index (χ4n) is 5.61. The van der Waals surface area contributed by atoms with Gasteiger partial charge in [0.05, 0.1) is 23.7 Å². The summed E-state index contributed by atoms with van der Waals surface area (Å²) in [5.41, 5.74) is 1.00. The normalized spacial score (nSPS) is 23.1. The van der Waals surface area contributed by atoms with Crippen molar-refractivity contribution in [3.05, 3.63) is 24.3 Å². The molecular formula is C25H38N4O4S. The quantitative estimate of drug-likeness (QED) is 0.686. The van der Waals surface area contributed by atoms with E-state index in [0.29, 0.717) is 12.2 Å². The fraction of sp³-hybridized carbons (Fsp3) is 0.680. The molecule has 0 unspecified atom stereocenters. The Morgan fingerprint density at radius 1 is 1.09 bits per heavy atom. The molecule has 3 heterocycles. The summed E-state index contributed by atoms with van der Waals surface area (Å²) in [6.07, 6.45) is 3.61. The predicted octanol–water partition coefficient (Wildman–Crippen LogP) is 2.91. The van der Waals surface area contributed by atoms with Crippen LogP contribution >= 0.6 is 0 Å². The topological polar surface area (TPSA) is 90.0 Å². The number of anilines is 2. The lowest BCUT2D eigenvalue weighted by Gasteiger charge is -2.53. The molecule has 3 aliphatic heterocycles. The number of sulfonamides is 1. The molecule has 0 aromatic heterocycles. The molecule has 1 N–H and O–H groups in total. The first-order valence-corrected chi connectivity index (χ1v) is 13.9. The Hall–Kier alpha value is -1.97. The van der Waals surface area contributed by atoms with Crippen LogP contribution < -0.4 is 10.2 Å². The highest BCUT2D eigenvalue weighted by atomic mass is 32.2. The SMILES string of the molecule is CC(C)CS(=O)(=O)N1CC2(CCN(CC(=O)N3CC(=O)Nc4ccccc43)CC2)CCC1(C)C. The van der Waals surface area contributed by atoms with Crippen LogP contribution in [-0.4, -0.2) is 73.5 Å². The third kappa shape index (κ3) is 5.16. The van der Waals surface area contributed by atoms with E-state index in [-0.39, 0.29) is 47.5 Å². The Bertz CT molecular complexity index is 1040. The zero-order valence-electron chi connectivity index (χ0n) is 20.8. The molecule has 0 bridgehead atoms. The van der Waals surface area contributed by atoms with Crippen molar-refractivity contribution in [1.82, 2.24) is 9.21 Å². The summed E-state index contributed by atoms with van der Waals surface area (Å²) in [6.45, 7) is 10.4. The molecule has 4 rings (SSSR count). The number of carbonyl (C=O) groups excluding carboxylic acids is 2. The Morgan fingerprint density at radius 3 is 2.44 bits per heavy atom. The number of para-hydroxylation sites is 2. The van der Waals surface area contributed by atoms with Gasteiger partial charge in [0.15, 0.2) is 0 Å². The molecule has 8 nitrogen and oxygen atoms in total. The smallest absolute Gasteiger partial charge is 0.244 e. The second-order valence-electron chi connectivity index (χ2n) is 11.3. The van der Waals surface area contributed by atoms with Gasteiger partial charge in [-0.3, -0.25) is 19.4 Å². The highest BCUT2D eigenvalue weighted by Gasteiger charge is 2.48. The molecule has 188 valence electrons. The van der Waals surface area contributed by atoms with E-state index >= 15 is 0 Å². The van der Waals surface area contributed by atoms with Crippen LogP contribution in [-0.2, 0) is 19.6 Å². The maximum atomic E-state index is 13.2. The molecule has 1 aromatic carbocycles. The zero-order valence-corrected chi connectivity index (χ0v) is 21.7. The molecule has 0 atom stereocenters. The molecule has 9 heteroatoms. The van der Waals surface area contributed by atoms with Crippen LogP contribution in [0.4, 0.5) is 11.4 Å². The average molecular weight is 491 g/mol. The van der Waals surface area contributed by atoms with E-state index in [1.165, 1.54) is 0 Å². The number of piperidine rings is 2. The molecule has 1 aromatic rings. The van der Waals surface area contributed by atoms with Gasteiger partial charge in [0, 0.05) is 12.1 Å². The first-order chi connectivity index (χ1) is 15.9. The first-order valence-electron chi connectivity index (χ1n) is 12.3. The van der Waals surface area contributed by atoms with E-state index in [1.54, 1.807) is 15.3 Å². The lowest BCUT2D eigenvalue weighted by molar-refractivity contribution is -0.123. The monoisotopic (exact) mass is 490 g/mol. The van der Waals surface area contributed by atoms with Crippen LogP contribution in [0.15, 0.2) is 24.3 Å². The second-order valence-corrected chi connectivity index (χ2v) is 13.3. The van der Waals surface area contributed by atoms with Crippen molar-refractivity contribution in [2.75, 3.05) is 48.7 Å². The van der Waals surface area contributed by atoms with E-state index in [2.05, 4.69) is 10.2 Å². The van der Waals surface area contributed by atoms with E-state index in [9.17, 15) is 18.0 Å². The van der Waals surface area contributed by atoms with Crippen LogP contribution in [0, 0.1) is 11.3 Å². The van der Waals surface area contributed by atoms with Crippen molar-refractivity contribution >= 4 is 33.2 Å². The number of carbonyl (C=O) groups is 2. The minimum absolute atomic E-state index is 0.0310. The fourth-order valence-corrected chi connectivity index (χ4v) is 7.94. The molecule has 1 spiro atoms. The number of hydrogen-bond donors (Lipinski definition) is 1. The van der Waals surface area contributed by atoms with Gasteiger partial charge >= 0.3 is 0 Å². The maximum absolute atomic E-state index is 13.2. The van der Waals surface area contributed by atoms with E-state index in [4.69, 9.17) is 0 Å². The summed E-state index contributed by atoms with van der Waals surface area (Å²) in [5.74, 6) is 0.00717. The number of nitrogens with one attached hydrogen (secondary N) is 1. The number of rotatable bonds is 5. The number of fused-ring (bicyclic) bond motifs is 1. The number of likely N-dealkylation sites (tertiary alicyclic amines) is 1. The van der Waals surface area contributed by atoms with Crippen molar-refractivity contribution in [3.8, 4) is 0 Å². The lowest BCUT2D eigenvalue weighted by Crippen LogP contribution is -2.59. The molecule has 3 aliphatic rings. The zero-order chi connectivity index (χ0) is 24.7. The highest BCUT2D eigenvalue weighted by molar-refractivity contribution is 7.89. The van der Waals surface area contributed by atoms with Gasteiger partial charge in [-0.05, 0) is 76.1 Å². The molecule has 0 aliphatic carbocycles. The van der Waals surface area contributed by atoms with Gasteiger partial charge in [-0.1, -0.05) is 26.0 Å². The van der Waals surface area contributed by atoms with Gasteiger partial charge in [0.1, 0.15) is 6.54 Å². The van der Waals surface area contributed by atoms with Crippen LogP contribution in [0.1, 0.15) is 53.4 Å². The summed E-state index contributed by atoms with van der Waals surface area (Å²) in [4.78, 5) is 28.9. The van der Waals surface area contributed by atoms with Gasteiger partial charge in [-0.25, -0.2) is 8.42 Å². The standard InChI is InChI=1S/C25H38N4O4S/c1-19(2)17-34(32,33)29-18-25(10-9-24(29,3)4)11-13-27(14-12-25)16-23(31)28-15-22(30)26-20-7-5-6-8-21(20)28/h5-8,19H,9-18H2,1-4H3,(H,26,30). The predicted molar refractivity (Wildman–Crippen MR) is 134 cm³/mol. The van der Waals surface area contributed by atoms with Gasteiger partial charge in [-0.2, -0.15) is 4.31 Å². The van der Waals surface area contributed by atoms with Gasteiger partial charge in [-0.15, -0.1) is 0 Å². The summed E-state index contributed by atoms with van der Waals surface area (Å²) < 4.78 is 28.1. The van der Waals surface area contributed by atoms with Gasteiger partial charge < -0.3 is 5.32 Å². The Morgan fingerprint density at radius 2 is 1.76 bits per heavy atom. The minimum atomic E-state index is -3.33. The molecule has 0 radical (unpaired) electrons. The summed E-state index contributed by atoms with van der Waals surface area (Å²) in [6, 6.07) is 7.37. The molecular weight excluding hydrogens is 452 g/mol. The van der Waals surface area contributed by atoms with E-state index < -0.39 is 10.0 Å². The number of amides is 2. The summed E-state index contributed by atoms with van der Waals surface area (Å²) >= 11 is 0. The third-order valence-corrected chi connectivity index (χ3v) is 10.0. The number of nitrogens with zero attached hydrogens (tertiary/aromatic N) is 3. The van der Waals surface area contributed by atoms with Crippen molar-refractivity contribution < 1.29 is 18.0 Å². The van der Waals surface area contributed by atoms with Crippen LogP contribution in [0.25, 0.3) is 0 Å². The van der Waals surface area contributed by atoms with E-state index in [0.717, 1.165) is 44.5 Å². The number of hydrogen-bond acceptors (Lipinski definition) is 5. The second kappa shape index (κ2) is 9.24. The molecule has 2 amide bonds. The maximum Gasteiger partial charge on any atom is 0.244 e. The Kier molecular flexibility index (Phi) is 6.83.